The summed E-state index contributed by atoms with van der Waals surface area (Å²) in [5.74, 6) is 1.04. The Morgan fingerprint density at radius 2 is 2.41 bits per heavy atom. The summed E-state index contributed by atoms with van der Waals surface area (Å²) in [6.45, 7) is 5.54. The molecule has 1 aliphatic rings. The first-order chi connectivity index (χ1) is 8.15. The molecule has 0 aliphatic carbocycles. The van der Waals surface area contributed by atoms with E-state index in [-0.39, 0.29) is 0 Å². The van der Waals surface area contributed by atoms with Crippen LogP contribution in [0.3, 0.4) is 0 Å². The standard InChI is InChI=1S/C12H26N4O/c1-3-11(7-12(13)15-17)14-8-10-5-4-6-16(2)9-10/h10-11,14,17H,3-9H2,1-2H3,(H2,13,15). The van der Waals surface area contributed by atoms with E-state index in [1.165, 1.54) is 25.9 Å². The largest absolute Gasteiger partial charge is 0.409 e. The Balaban J connectivity index is 2.26. The molecule has 2 atom stereocenters. The van der Waals surface area contributed by atoms with E-state index in [4.69, 9.17) is 10.9 Å². The molecule has 100 valence electrons. The summed E-state index contributed by atoms with van der Waals surface area (Å²) >= 11 is 0. The highest BCUT2D eigenvalue weighted by Gasteiger charge is 2.18. The van der Waals surface area contributed by atoms with Crippen LogP contribution >= 0.6 is 0 Å². The molecule has 5 heteroatoms. The number of piperidine rings is 1. The van der Waals surface area contributed by atoms with Crippen LogP contribution in [0.25, 0.3) is 0 Å². The molecule has 2 unspecified atom stereocenters. The second kappa shape index (κ2) is 7.50. The van der Waals surface area contributed by atoms with Gasteiger partial charge in [-0.25, -0.2) is 0 Å². The third-order valence-electron chi connectivity index (χ3n) is 3.49. The molecule has 0 aromatic carbocycles. The van der Waals surface area contributed by atoms with Gasteiger partial charge >= 0.3 is 0 Å². The number of oxime groups is 1. The van der Waals surface area contributed by atoms with Crippen LogP contribution in [-0.2, 0) is 0 Å². The number of hydrogen-bond donors (Lipinski definition) is 3. The number of hydrogen-bond acceptors (Lipinski definition) is 4. The van der Waals surface area contributed by atoms with Gasteiger partial charge in [-0.15, -0.1) is 0 Å². The summed E-state index contributed by atoms with van der Waals surface area (Å²) < 4.78 is 0. The van der Waals surface area contributed by atoms with Crippen LogP contribution in [0.15, 0.2) is 5.16 Å². The van der Waals surface area contributed by atoms with Crippen molar-refractivity contribution in [3.05, 3.63) is 0 Å². The molecule has 0 amide bonds. The van der Waals surface area contributed by atoms with E-state index < -0.39 is 0 Å². The maximum Gasteiger partial charge on any atom is 0.140 e. The lowest BCUT2D eigenvalue weighted by Gasteiger charge is -2.31. The van der Waals surface area contributed by atoms with Crippen molar-refractivity contribution in [3.8, 4) is 0 Å². The number of rotatable bonds is 6. The van der Waals surface area contributed by atoms with Gasteiger partial charge in [0, 0.05) is 19.0 Å². The molecule has 17 heavy (non-hydrogen) atoms. The fraction of sp³-hybridized carbons (Fsp3) is 0.917. The number of nitrogens with two attached hydrogens (primary N) is 1. The van der Waals surface area contributed by atoms with E-state index in [0.717, 1.165) is 18.9 Å². The first-order valence-electron chi connectivity index (χ1n) is 6.54. The zero-order chi connectivity index (χ0) is 12.7. The molecule has 0 bridgehead atoms. The molecule has 1 saturated heterocycles. The highest BCUT2D eigenvalue weighted by molar-refractivity contribution is 5.80. The van der Waals surface area contributed by atoms with Crippen molar-refractivity contribution in [2.24, 2.45) is 16.8 Å². The maximum atomic E-state index is 8.56. The van der Waals surface area contributed by atoms with Gasteiger partial charge < -0.3 is 21.2 Å². The highest BCUT2D eigenvalue weighted by Crippen LogP contribution is 2.14. The lowest BCUT2D eigenvalue weighted by molar-refractivity contribution is 0.202. The second-order valence-corrected chi connectivity index (χ2v) is 5.08. The van der Waals surface area contributed by atoms with Crippen LogP contribution in [0.4, 0.5) is 0 Å². The summed E-state index contributed by atoms with van der Waals surface area (Å²) in [6, 6.07) is 0.318. The van der Waals surface area contributed by atoms with Gasteiger partial charge in [-0.3, -0.25) is 0 Å². The molecule has 1 aliphatic heterocycles. The Labute approximate surface area is 104 Å². The minimum atomic E-state index is 0.310. The van der Waals surface area contributed by atoms with E-state index >= 15 is 0 Å². The van der Waals surface area contributed by atoms with E-state index in [9.17, 15) is 0 Å². The summed E-state index contributed by atoms with van der Waals surface area (Å²) in [5.41, 5.74) is 5.53. The molecule has 0 aromatic heterocycles. The number of nitrogens with one attached hydrogen (secondary N) is 1. The number of nitrogens with zero attached hydrogens (tertiary/aromatic N) is 2. The van der Waals surface area contributed by atoms with Gasteiger partial charge in [-0.2, -0.15) is 0 Å². The predicted molar refractivity (Wildman–Crippen MR) is 70.3 cm³/mol. The van der Waals surface area contributed by atoms with Crippen molar-refractivity contribution >= 4 is 5.84 Å². The van der Waals surface area contributed by atoms with Gasteiger partial charge in [0.15, 0.2) is 0 Å². The van der Waals surface area contributed by atoms with Crippen molar-refractivity contribution < 1.29 is 5.21 Å². The zero-order valence-electron chi connectivity index (χ0n) is 11.0. The highest BCUT2D eigenvalue weighted by atomic mass is 16.4. The van der Waals surface area contributed by atoms with Gasteiger partial charge in [-0.1, -0.05) is 12.1 Å². The average Bonchev–Trinajstić information content (AvgIpc) is 2.34. The summed E-state index contributed by atoms with van der Waals surface area (Å²) in [6.07, 6.45) is 4.21. The number of likely N-dealkylation sites (tertiary alicyclic amines) is 1. The predicted octanol–water partition coefficient (Wildman–Crippen LogP) is 0.833. The SMILES string of the molecule is CCC(CC(N)=NO)NCC1CCCN(C)C1. The van der Waals surface area contributed by atoms with Gasteiger partial charge in [0.25, 0.3) is 0 Å². The van der Waals surface area contributed by atoms with Gasteiger partial charge in [-0.05, 0) is 45.3 Å². The van der Waals surface area contributed by atoms with Crippen molar-refractivity contribution in [2.75, 3.05) is 26.7 Å². The van der Waals surface area contributed by atoms with Crippen LogP contribution in [0.5, 0.6) is 0 Å². The van der Waals surface area contributed by atoms with Crippen LogP contribution in [0, 0.1) is 5.92 Å². The lowest BCUT2D eigenvalue weighted by Crippen LogP contribution is -2.41. The minimum absolute atomic E-state index is 0.310. The van der Waals surface area contributed by atoms with Crippen molar-refractivity contribution in [1.82, 2.24) is 10.2 Å². The van der Waals surface area contributed by atoms with Crippen molar-refractivity contribution in [2.45, 2.75) is 38.6 Å². The quantitative estimate of drug-likeness (QED) is 0.279. The van der Waals surface area contributed by atoms with Gasteiger partial charge in [0.05, 0.1) is 0 Å². The molecule has 5 nitrogen and oxygen atoms in total. The lowest BCUT2D eigenvalue weighted by atomic mass is 9.97. The molecule has 0 spiro atoms. The molecular formula is C12H26N4O. The second-order valence-electron chi connectivity index (χ2n) is 5.08. The molecule has 1 rings (SSSR count). The maximum absolute atomic E-state index is 8.56. The molecular weight excluding hydrogens is 216 g/mol. The summed E-state index contributed by atoms with van der Waals surface area (Å²) in [4.78, 5) is 2.39. The van der Waals surface area contributed by atoms with Crippen LogP contribution in [0.1, 0.15) is 32.6 Å². The summed E-state index contributed by atoms with van der Waals surface area (Å²) in [5, 5.41) is 15.1. The fourth-order valence-electron chi connectivity index (χ4n) is 2.43. The van der Waals surface area contributed by atoms with Crippen LogP contribution in [0.2, 0.25) is 0 Å². The van der Waals surface area contributed by atoms with Crippen LogP contribution in [-0.4, -0.2) is 48.7 Å². The topological polar surface area (TPSA) is 73.9 Å². The minimum Gasteiger partial charge on any atom is -0.409 e. The van der Waals surface area contributed by atoms with Gasteiger partial charge in [0.2, 0.25) is 0 Å². The Morgan fingerprint density at radius 1 is 1.65 bits per heavy atom. The van der Waals surface area contributed by atoms with E-state index in [2.05, 4.69) is 29.3 Å². The Morgan fingerprint density at radius 3 is 3.00 bits per heavy atom. The average molecular weight is 242 g/mol. The first-order valence-corrected chi connectivity index (χ1v) is 6.54. The Hall–Kier alpha value is -0.810. The normalized spacial score (nSPS) is 24.8. The fourth-order valence-corrected chi connectivity index (χ4v) is 2.43. The van der Waals surface area contributed by atoms with Crippen LogP contribution < -0.4 is 11.1 Å². The Bertz CT molecular complexity index is 245. The van der Waals surface area contributed by atoms with Crippen molar-refractivity contribution in [1.29, 1.82) is 0 Å². The smallest absolute Gasteiger partial charge is 0.140 e. The molecule has 0 saturated carbocycles. The molecule has 1 fully saturated rings. The van der Waals surface area contributed by atoms with E-state index in [1.807, 2.05) is 0 Å². The first kappa shape index (κ1) is 14.3. The van der Waals surface area contributed by atoms with E-state index in [1.54, 1.807) is 0 Å². The third kappa shape index (κ3) is 5.37. The number of amidine groups is 1. The molecule has 0 aromatic rings. The molecule has 1 heterocycles. The monoisotopic (exact) mass is 242 g/mol. The summed E-state index contributed by atoms with van der Waals surface area (Å²) in [7, 11) is 2.18. The molecule has 4 N–H and O–H groups in total. The van der Waals surface area contributed by atoms with E-state index in [0.29, 0.717) is 18.3 Å². The van der Waals surface area contributed by atoms with Crippen molar-refractivity contribution in [3.63, 3.8) is 0 Å². The molecule has 0 radical (unpaired) electrons. The third-order valence-corrected chi connectivity index (χ3v) is 3.49. The zero-order valence-corrected chi connectivity index (χ0v) is 11.0. The Kier molecular flexibility index (Phi) is 6.29. The van der Waals surface area contributed by atoms with Gasteiger partial charge in [0.1, 0.15) is 5.84 Å².